The van der Waals surface area contributed by atoms with Gasteiger partial charge in [-0.25, -0.2) is 4.79 Å². The lowest BCUT2D eigenvalue weighted by atomic mass is 9.48. The summed E-state index contributed by atoms with van der Waals surface area (Å²) in [6.45, 7) is 0.962. The number of ether oxygens (including phenoxy) is 1. The molecule has 1 heterocycles. The lowest BCUT2D eigenvalue weighted by molar-refractivity contribution is -0.123. The number of nitrogens with one attached hydrogen (secondary N) is 1. The van der Waals surface area contributed by atoms with Crippen LogP contribution in [0.2, 0.25) is 0 Å². The van der Waals surface area contributed by atoms with Crippen molar-refractivity contribution in [3.05, 3.63) is 24.3 Å². The standard InChI is InChI=1S/C21H25BrN2O3/c22-21-10-14-6-15(11-21)9-20(8-14,13-21)12-18(25)23-16-2-1-3-17(7-16)24-4-5-27-19(24)26/h1-3,7,14-15H,4-6,8-13H2,(H,23,25). The largest absolute Gasteiger partial charge is 0.447 e. The minimum atomic E-state index is -0.324. The van der Waals surface area contributed by atoms with Crippen molar-refractivity contribution in [2.24, 2.45) is 17.3 Å². The van der Waals surface area contributed by atoms with Gasteiger partial charge in [0.05, 0.1) is 6.54 Å². The first kappa shape index (κ1) is 17.5. The highest BCUT2D eigenvalue weighted by Crippen LogP contribution is 2.65. The molecule has 1 aliphatic heterocycles. The first-order chi connectivity index (χ1) is 12.9. The SMILES string of the molecule is O=C(CC12CC3CC(CC(Br)(C3)C1)C2)Nc1cccc(N2CCOC2=O)c1. The summed E-state index contributed by atoms with van der Waals surface area (Å²) in [5, 5.41) is 3.08. The number of carbonyl (C=O) groups is 2. The molecule has 5 aliphatic rings. The maximum atomic E-state index is 12.9. The van der Waals surface area contributed by atoms with Crippen molar-refractivity contribution in [1.29, 1.82) is 0 Å². The summed E-state index contributed by atoms with van der Waals surface area (Å²) in [5.41, 5.74) is 1.67. The molecule has 144 valence electrons. The Hall–Kier alpha value is -1.56. The van der Waals surface area contributed by atoms with E-state index in [1.54, 1.807) is 4.90 Å². The predicted molar refractivity (Wildman–Crippen MR) is 107 cm³/mol. The van der Waals surface area contributed by atoms with Gasteiger partial charge in [0.2, 0.25) is 5.91 Å². The number of amides is 2. The van der Waals surface area contributed by atoms with Crippen LogP contribution in [0, 0.1) is 17.3 Å². The van der Waals surface area contributed by atoms with Crippen molar-refractivity contribution in [3.63, 3.8) is 0 Å². The molecule has 1 aromatic carbocycles. The monoisotopic (exact) mass is 432 g/mol. The Morgan fingerprint density at radius 2 is 2.04 bits per heavy atom. The minimum absolute atomic E-state index is 0.0919. The van der Waals surface area contributed by atoms with Crippen LogP contribution in [0.3, 0.4) is 0 Å². The Kier molecular flexibility index (Phi) is 4.04. The summed E-state index contributed by atoms with van der Waals surface area (Å²) in [6.07, 6.45) is 7.71. The normalized spacial score (nSPS) is 36.8. The fourth-order valence-corrected chi connectivity index (χ4v) is 7.98. The molecule has 0 spiro atoms. The number of halogens is 1. The van der Waals surface area contributed by atoms with Crippen molar-refractivity contribution in [3.8, 4) is 0 Å². The summed E-state index contributed by atoms with van der Waals surface area (Å²) >= 11 is 4.02. The van der Waals surface area contributed by atoms with E-state index in [2.05, 4.69) is 21.2 Å². The maximum absolute atomic E-state index is 12.9. The molecule has 0 radical (unpaired) electrons. The molecule has 6 rings (SSSR count). The highest BCUT2D eigenvalue weighted by atomic mass is 79.9. The van der Waals surface area contributed by atoms with Gasteiger partial charge in [-0.1, -0.05) is 22.0 Å². The highest BCUT2D eigenvalue weighted by Gasteiger charge is 2.57. The van der Waals surface area contributed by atoms with E-state index in [1.165, 1.54) is 32.1 Å². The van der Waals surface area contributed by atoms with Crippen LogP contribution in [-0.2, 0) is 9.53 Å². The van der Waals surface area contributed by atoms with Gasteiger partial charge in [0.1, 0.15) is 6.61 Å². The molecule has 4 bridgehead atoms. The topological polar surface area (TPSA) is 58.6 Å². The van der Waals surface area contributed by atoms with Gasteiger partial charge in [-0.2, -0.15) is 0 Å². The second kappa shape index (κ2) is 6.23. The molecule has 4 saturated carbocycles. The molecular weight excluding hydrogens is 408 g/mol. The number of hydrogen-bond donors (Lipinski definition) is 1. The summed E-state index contributed by atoms with van der Waals surface area (Å²) < 4.78 is 5.28. The Bertz CT molecular complexity index is 781. The molecule has 2 atom stereocenters. The Morgan fingerprint density at radius 1 is 1.26 bits per heavy atom. The van der Waals surface area contributed by atoms with Crippen LogP contribution in [0.15, 0.2) is 24.3 Å². The van der Waals surface area contributed by atoms with E-state index >= 15 is 0 Å². The van der Waals surface area contributed by atoms with E-state index in [0.29, 0.717) is 19.6 Å². The Morgan fingerprint density at radius 3 is 2.70 bits per heavy atom. The van der Waals surface area contributed by atoms with Crippen molar-refractivity contribution in [2.45, 2.75) is 49.3 Å². The average molecular weight is 433 g/mol. The van der Waals surface area contributed by atoms with Crippen LogP contribution in [0.1, 0.15) is 44.9 Å². The first-order valence-corrected chi connectivity index (χ1v) is 10.7. The predicted octanol–water partition coefficient (Wildman–Crippen LogP) is 4.71. The number of cyclic esters (lactones) is 1. The second-order valence-electron chi connectivity index (χ2n) is 9.15. The molecule has 0 aromatic heterocycles. The van der Waals surface area contributed by atoms with Gasteiger partial charge in [-0.3, -0.25) is 9.69 Å². The number of alkyl halides is 1. The molecule has 1 saturated heterocycles. The molecule has 5 nitrogen and oxygen atoms in total. The number of benzene rings is 1. The summed E-state index contributed by atoms with van der Waals surface area (Å²) in [4.78, 5) is 26.2. The van der Waals surface area contributed by atoms with Crippen molar-refractivity contribution in [2.75, 3.05) is 23.4 Å². The van der Waals surface area contributed by atoms with E-state index in [9.17, 15) is 9.59 Å². The zero-order chi connectivity index (χ0) is 18.6. The zero-order valence-corrected chi connectivity index (χ0v) is 17.0. The van der Waals surface area contributed by atoms with Crippen molar-refractivity contribution in [1.82, 2.24) is 0 Å². The molecular formula is C21H25BrN2O3. The molecule has 27 heavy (non-hydrogen) atoms. The van der Waals surface area contributed by atoms with Crippen LogP contribution in [0.25, 0.3) is 0 Å². The van der Waals surface area contributed by atoms with Crippen LogP contribution < -0.4 is 10.2 Å². The summed E-state index contributed by atoms with van der Waals surface area (Å²) in [5.74, 6) is 1.65. The number of anilines is 2. The van der Waals surface area contributed by atoms with E-state index in [0.717, 1.165) is 29.6 Å². The molecule has 2 unspecified atom stereocenters. The minimum Gasteiger partial charge on any atom is -0.447 e. The third-order valence-corrected chi connectivity index (χ3v) is 7.78. The van der Waals surface area contributed by atoms with Gasteiger partial charge >= 0.3 is 6.09 Å². The van der Waals surface area contributed by atoms with E-state index in [4.69, 9.17) is 4.74 Å². The Labute approximate surface area is 167 Å². The highest BCUT2D eigenvalue weighted by molar-refractivity contribution is 9.10. The fourth-order valence-electron chi connectivity index (χ4n) is 6.47. The fraction of sp³-hybridized carbons (Fsp3) is 0.619. The molecule has 6 heteroatoms. The van der Waals surface area contributed by atoms with E-state index in [-0.39, 0.29) is 21.7 Å². The third-order valence-electron chi connectivity index (χ3n) is 6.85. The lowest BCUT2D eigenvalue weighted by Crippen LogP contribution is -2.53. The lowest BCUT2D eigenvalue weighted by Gasteiger charge is -2.60. The van der Waals surface area contributed by atoms with E-state index < -0.39 is 0 Å². The number of hydrogen-bond acceptors (Lipinski definition) is 3. The van der Waals surface area contributed by atoms with Crippen molar-refractivity contribution >= 4 is 39.3 Å². The van der Waals surface area contributed by atoms with E-state index in [1.807, 2.05) is 24.3 Å². The van der Waals surface area contributed by atoms with Gasteiger partial charge < -0.3 is 10.1 Å². The van der Waals surface area contributed by atoms with Gasteiger partial charge in [-0.15, -0.1) is 0 Å². The smallest absolute Gasteiger partial charge is 0.414 e. The summed E-state index contributed by atoms with van der Waals surface area (Å²) in [7, 11) is 0. The van der Waals surface area contributed by atoms with Gasteiger partial charge in [0, 0.05) is 22.1 Å². The zero-order valence-electron chi connectivity index (χ0n) is 15.4. The Balaban J connectivity index is 1.28. The van der Waals surface area contributed by atoms with Gasteiger partial charge in [-0.05, 0) is 74.0 Å². The van der Waals surface area contributed by atoms with Crippen LogP contribution in [-0.4, -0.2) is 29.5 Å². The van der Waals surface area contributed by atoms with Gasteiger partial charge in [0.25, 0.3) is 0 Å². The van der Waals surface area contributed by atoms with Crippen molar-refractivity contribution < 1.29 is 14.3 Å². The number of nitrogens with zero attached hydrogens (tertiary/aromatic N) is 1. The average Bonchev–Trinajstić information content (AvgIpc) is 2.98. The van der Waals surface area contributed by atoms with Crippen LogP contribution >= 0.6 is 15.9 Å². The molecule has 5 fully saturated rings. The summed E-state index contributed by atoms with van der Waals surface area (Å²) in [6, 6.07) is 7.48. The van der Waals surface area contributed by atoms with Gasteiger partial charge in [0.15, 0.2) is 0 Å². The molecule has 1 N–H and O–H groups in total. The quantitative estimate of drug-likeness (QED) is 0.700. The molecule has 2 amide bonds. The first-order valence-electron chi connectivity index (χ1n) is 9.95. The van der Waals surface area contributed by atoms with Crippen LogP contribution in [0.4, 0.5) is 16.2 Å². The number of carbonyl (C=O) groups excluding carboxylic acids is 2. The second-order valence-corrected chi connectivity index (χ2v) is 10.8. The molecule has 4 aliphatic carbocycles. The number of rotatable bonds is 4. The maximum Gasteiger partial charge on any atom is 0.414 e. The molecule has 1 aromatic rings. The van der Waals surface area contributed by atoms with Crippen LogP contribution in [0.5, 0.6) is 0 Å². The third kappa shape index (κ3) is 3.26.